The van der Waals surface area contributed by atoms with Gasteiger partial charge in [-0.25, -0.2) is 0 Å². The first-order chi connectivity index (χ1) is 7.62. The maximum Gasteiger partial charge on any atom is 0.232 e. The van der Waals surface area contributed by atoms with Crippen LogP contribution < -0.4 is 10.2 Å². The second kappa shape index (κ2) is 2.90. The summed E-state index contributed by atoms with van der Waals surface area (Å²) in [5.74, 6) is 0.176. The Morgan fingerprint density at radius 2 is 2.19 bits per heavy atom. The minimum absolute atomic E-state index is 0.0413. The van der Waals surface area contributed by atoms with Gasteiger partial charge < -0.3 is 15.3 Å². The molecule has 1 saturated carbocycles. The van der Waals surface area contributed by atoms with E-state index < -0.39 is 0 Å². The number of rotatable bonds is 0. The van der Waals surface area contributed by atoms with Gasteiger partial charge in [0, 0.05) is 13.6 Å². The highest BCUT2D eigenvalue weighted by Gasteiger charge is 2.52. The number of nitrogens with zero attached hydrogens (tertiary/aromatic N) is 1. The van der Waals surface area contributed by atoms with Crippen molar-refractivity contribution in [2.75, 3.05) is 23.8 Å². The van der Waals surface area contributed by atoms with E-state index in [1.165, 1.54) is 0 Å². The Morgan fingerprint density at radius 3 is 2.88 bits per heavy atom. The number of amides is 1. The van der Waals surface area contributed by atoms with Crippen molar-refractivity contribution in [2.24, 2.45) is 5.41 Å². The fraction of sp³-hybridized carbons (Fsp3) is 0.417. The monoisotopic (exact) mass is 218 g/mol. The van der Waals surface area contributed by atoms with Gasteiger partial charge in [0.25, 0.3) is 0 Å². The average molecular weight is 218 g/mol. The molecular weight excluding hydrogens is 204 g/mol. The van der Waals surface area contributed by atoms with E-state index in [0.717, 1.165) is 25.1 Å². The zero-order chi connectivity index (χ0) is 11.3. The van der Waals surface area contributed by atoms with Crippen molar-refractivity contribution < 1.29 is 9.90 Å². The Kier molecular flexibility index (Phi) is 1.73. The summed E-state index contributed by atoms with van der Waals surface area (Å²) < 4.78 is 0. The number of anilines is 2. The molecule has 3 rings (SSSR count). The van der Waals surface area contributed by atoms with E-state index in [-0.39, 0.29) is 17.1 Å². The number of nitrogens with one attached hydrogen (secondary N) is 1. The highest BCUT2D eigenvalue weighted by molar-refractivity contribution is 6.03. The first kappa shape index (κ1) is 9.51. The van der Waals surface area contributed by atoms with Crippen LogP contribution in [-0.4, -0.2) is 24.6 Å². The molecule has 0 aromatic heterocycles. The van der Waals surface area contributed by atoms with Crippen LogP contribution in [0.15, 0.2) is 18.2 Å². The number of para-hydroxylation sites is 1. The van der Waals surface area contributed by atoms with Crippen LogP contribution >= 0.6 is 0 Å². The molecule has 0 radical (unpaired) electrons. The van der Waals surface area contributed by atoms with Gasteiger partial charge in [0.05, 0.1) is 11.1 Å². The van der Waals surface area contributed by atoms with Crippen LogP contribution in [0.4, 0.5) is 11.4 Å². The standard InChI is InChI=1S/C12H14N2O2/c1-14-7-12(5-6-12)11(16)13-10-8(14)3-2-4-9(10)15/h2-4,15H,5-7H2,1H3,(H,13,16). The molecule has 84 valence electrons. The summed E-state index contributed by atoms with van der Waals surface area (Å²) in [6, 6.07) is 5.30. The molecular formula is C12H14N2O2. The van der Waals surface area contributed by atoms with Crippen molar-refractivity contribution in [3.63, 3.8) is 0 Å². The number of hydrogen-bond donors (Lipinski definition) is 2. The van der Waals surface area contributed by atoms with Crippen LogP contribution in [-0.2, 0) is 4.79 Å². The van der Waals surface area contributed by atoms with E-state index in [1.807, 2.05) is 18.0 Å². The molecule has 1 spiro atoms. The highest BCUT2D eigenvalue weighted by atomic mass is 16.3. The number of fused-ring (bicyclic) bond motifs is 1. The predicted octanol–water partition coefficient (Wildman–Crippen LogP) is 1.56. The van der Waals surface area contributed by atoms with E-state index in [9.17, 15) is 9.90 Å². The molecule has 1 heterocycles. The second-order valence-corrected chi connectivity index (χ2v) is 4.76. The van der Waals surface area contributed by atoms with Gasteiger partial charge in [-0.1, -0.05) is 6.07 Å². The molecule has 16 heavy (non-hydrogen) atoms. The fourth-order valence-electron chi connectivity index (χ4n) is 2.37. The SMILES string of the molecule is CN1CC2(CC2)C(=O)Nc2c(O)cccc21. The smallest absolute Gasteiger partial charge is 0.232 e. The van der Waals surface area contributed by atoms with E-state index in [4.69, 9.17) is 0 Å². The molecule has 2 aliphatic rings. The summed E-state index contributed by atoms with van der Waals surface area (Å²) in [4.78, 5) is 14.1. The molecule has 1 fully saturated rings. The van der Waals surface area contributed by atoms with Crippen LogP contribution in [0, 0.1) is 5.41 Å². The number of hydrogen-bond acceptors (Lipinski definition) is 3. The molecule has 0 bridgehead atoms. The fourth-order valence-corrected chi connectivity index (χ4v) is 2.37. The summed E-state index contributed by atoms with van der Waals surface area (Å²) in [6.07, 6.45) is 1.88. The largest absolute Gasteiger partial charge is 0.506 e. The number of phenolic OH excluding ortho intramolecular Hbond substituents is 1. The van der Waals surface area contributed by atoms with E-state index in [2.05, 4.69) is 5.32 Å². The van der Waals surface area contributed by atoms with Crippen LogP contribution in [0.5, 0.6) is 5.75 Å². The molecule has 1 amide bonds. The Morgan fingerprint density at radius 1 is 1.44 bits per heavy atom. The third kappa shape index (κ3) is 1.19. The van der Waals surface area contributed by atoms with Gasteiger partial charge in [-0.3, -0.25) is 4.79 Å². The van der Waals surface area contributed by atoms with Gasteiger partial charge >= 0.3 is 0 Å². The topological polar surface area (TPSA) is 52.6 Å². The van der Waals surface area contributed by atoms with Gasteiger partial charge in [0.2, 0.25) is 5.91 Å². The summed E-state index contributed by atoms with van der Waals surface area (Å²) in [7, 11) is 1.96. The number of carbonyl (C=O) groups excluding carboxylic acids is 1. The van der Waals surface area contributed by atoms with Gasteiger partial charge in [-0.2, -0.15) is 0 Å². The average Bonchev–Trinajstić information content (AvgIpc) is 3.01. The van der Waals surface area contributed by atoms with Gasteiger partial charge in [0.15, 0.2) is 0 Å². The van der Waals surface area contributed by atoms with Crippen molar-refractivity contribution >= 4 is 17.3 Å². The molecule has 0 saturated heterocycles. The van der Waals surface area contributed by atoms with Crippen LogP contribution in [0.2, 0.25) is 0 Å². The van der Waals surface area contributed by atoms with Crippen molar-refractivity contribution in [1.29, 1.82) is 0 Å². The lowest BCUT2D eigenvalue weighted by Gasteiger charge is -2.21. The molecule has 1 aromatic carbocycles. The molecule has 1 aliphatic carbocycles. The molecule has 4 heteroatoms. The first-order valence-electron chi connectivity index (χ1n) is 5.47. The maximum atomic E-state index is 12.0. The lowest BCUT2D eigenvalue weighted by molar-refractivity contribution is -0.120. The lowest BCUT2D eigenvalue weighted by atomic mass is 10.1. The number of aromatic hydroxyl groups is 1. The molecule has 1 aromatic rings. The number of carbonyl (C=O) groups is 1. The van der Waals surface area contributed by atoms with Crippen LogP contribution in [0.3, 0.4) is 0 Å². The highest BCUT2D eigenvalue weighted by Crippen LogP contribution is 2.51. The summed E-state index contributed by atoms with van der Waals surface area (Å²) in [5, 5.41) is 12.6. The van der Waals surface area contributed by atoms with E-state index in [0.29, 0.717) is 5.69 Å². The third-order valence-corrected chi connectivity index (χ3v) is 3.55. The Bertz CT molecular complexity index is 466. The van der Waals surface area contributed by atoms with Gasteiger partial charge in [-0.15, -0.1) is 0 Å². The van der Waals surface area contributed by atoms with Crippen molar-refractivity contribution in [3.05, 3.63) is 18.2 Å². The van der Waals surface area contributed by atoms with Crippen molar-refractivity contribution in [3.8, 4) is 5.75 Å². The van der Waals surface area contributed by atoms with Crippen LogP contribution in [0.25, 0.3) is 0 Å². The lowest BCUT2D eigenvalue weighted by Crippen LogP contribution is -2.31. The predicted molar refractivity (Wildman–Crippen MR) is 61.7 cm³/mol. The Hall–Kier alpha value is -1.71. The Labute approximate surface area is 93.9 Å². The quantitative estimate of drug-likeness (QED) is 0.650. The normalized spacial score (nSPS) is 21.3. The van der Waals surface area contributed by atoms with Gasteiger partial charge in [-0.05, 0) is 25.0 Å². The summed E-state index contributed by atoms with van der Waals surface area (Å²) in [5.41, 5.74) is 1.20. The molecule has 2 N–H and O–H groups in total. The first-order valence-corrected chi connectivity index (χ1v) is 5.47. The minimum Gasteiger partial charge on any atom is -0.506 e. The van der Waals surface area contributed by atoms with E-state index >= 15 is 0 Å². The number of phenols is 1. The van der Waals surface area contributed by atoms with Crippen LogP contribution in [0.1, 0.15) is 12.8 Å². The Balaban J connectivity index is 2.10. The zero-order valence-electron chi connectivity index (χ0n) is 9.16. The zero-order valence-corrected chi connectivity index (χ0v) is 9.16. The molecule has 0 unspecified atom stereocenters. The minimum atomic E-state index is -0.222. The molecule has 0 atom stereocenters. The molecule has 1 aliphatic heterocycles. The summed E-state index contributed by atoms with van der Waals surface area (Å²) in [6.45, 7) is 0.731. The number of benzene rings is 1. The van der Waals surface area contributed by atoms with Crippen molar-refractivity contribution in [2.45, 2.75) is 12.8 Å². The van der Waals surface area contributed by atoms with Gasteiger partial charge in [0.1, 0.15) is 11.4 Å². The summed E-state index contributed by atoms with van der Waals surface area (Å²) >= 11 is 0. The van der Waals surface area contributed by atoms with E-state index in [1.54, 1.807) is 12.1 Å². The second-order valence-electron chi connectivity index (χ2n) is 4.76. The third-order valence-electron chi connectivity index (χ3n) is 3.55. The maximum absolute atomic E-state index is 12.0. The van der Waals surface area contributed by atoms with Crippen molar-refractivity contribution in [1.82, 2.24) is 0 Å². The molecule has 4 nitrogen and oxygen atoms in total.